The van der Waals surface area contributed by atoms with Gasteiger partial charge in [0.15, 0.2) is 0 Å². The van der Waals surface area contributed by atoms with Crippen molar-refractivity contribution in [1.82, 2.24) is 4.90 Å². The standard InChI is InChI=1S/C24H39NO13P4/c26-6-5-25(17-23-13-19(1-7-39(27,28)29)11-20(14-23)2-8-40(30,31)32)18-24-15-21(3-9-41(33,34)35)12-22(16-24)4-10-42(36,37)38/h11-16,26H,1-10,17-18H2,(H2,27,28,29)(H2,30,31,32)(H2,33,34,35)(H2,36,37,38). The summed E-state index contributed by atoms with van der Waals surface area (Å²) >= 11 is 0. The number of hydrogen-bond acceptors (Lipinski definition) is 6. The third-order valence-electron chi connectivity index (χ3n) is 6.22. The van der Waals surface area contributed by atoms with Gasteiger partial charge in [-0.05, 0) is 59.1 Å². The Morgan fingerprint density at radius 3 is 0.905 bits per heavy atom. The van der Waals surface area contributed by atoms with Crippen LogP contribution in [0.2, 0.25) is 0 Å². The summed E-state index contributed by atoms with van der Waals surface area (Å²) < 4.78 is 45.7. The lowest BCUT2D eigenvalue weighted by atomic mass is 10.0. The van der Waals surface area contributed by atoms with Crippen LogP contribution in [-0.4, -0.2) is 87.0 Å². The first-order valence-electron chi connectivity index (χ1n) is 12.9. The van der Waals surface area contributed by atoms with Crippen LogP contribution in [0.4, 0.5) is 0 Å². The van der Waals surface area contributed by atoms with Crippen molar-refractivity contribution in [3.63, 3.8) is 0 Å². The lowest BCUT2D eigenvalue weighted by molar-refractivity contribution is 0.184. The van der Waals surface area contributed by atoms with E-state index in [4.69, 9.17) is 0 Å². The number of benzene rings is 2. The summed E-state index contributed by atoms with van der Waals surface area (Å²) in [4.78, 5) is 76.3. The molecular weight excluding hydrogens is 634 g/mol. The molecule has 0 atom stereocenters. The molecule has 2 rings (SSSR count). The van der Waals surface area contributed by atoms with E-state index in [-0.39, 0.29) is 51.9 Å². The Morgan fingerprint density at radius 2 is 0.690 bits per heavy atom. The normalized spacial score (nSPS) is 13.2. The molecule has 0 spiro atoms. The van der Waals surface area contributed by atoms with Gasteiger partial charge in [-0.2, -0.15) is 0 Å². The Hall–Kier alpha value is -1.04. The van der Waals surface area contributed by atoms with E-state index in [9.17, 15) is 62.5 Å². The Kier molecular flexibility index (Phi) is 14.0. The topological polar surface area (TPSA) is 254 Å². The predicted octanol–water partition coefficient (Wildman–Crippen LogP) is 1.56. The van der Waals surface area contributed by atoms with Gasteiger partial charge in [-0.3, -0.25) is 23.2 Å². The van der Waals surface area contributed by atoms with Crippen molar-refractivity contribution >= 4 is 30.4 Å². The van der Waals surface area contributed by atoms with Crippen LogP contribution in [-0.2, 0) is 57.0 Å². The summed E-state index contributed by atoms with van der Waals surface area (Å²) in [6, 6.07) is 10.2. The minimum absolute atomic E-state index is 0.0333. The Bertz CT molecular complexity index is 1190. The number of nitrogens with zero attached hydrogens (tertiary/aromatic N) is 1. The molecule has 9 N–H and O–H groups in total. The lowest BCUT2D eigenvalue weighted by Gasteiger charge is -2.23. The van der Waals surface area contributed by atoms with Crippen LogP contribution in [0.5, 0.6) is 0 Å². The maximum atomic E-state index is 11.4. The first-order chi connectivity index (χ1) is 19.2. The molecule has 0 unspecified atom stereocenters. The summed E-state index contributed by atoms with van der Waals surface area (Å²) in [5, 5.41) is 9.72. The number of aliphatic hydroxyl groups is 1. The third-order valence-corrected chi connectivity index (χ3v) is 9.45. The highest BCUT2D eigenvalue weighted by Gasteiger charge is 2.19. The van der Waals surface area contributed by atoms with E-state index in [1.807, 2.05) is 4.90 Å². The van der Waals surface area contributed by atoms with Crippen molar-refractivity contribution in [2.45, 2.75) is 38.8 Å². The molecule has 14 nitrogen and oxygen atoms in total. The molecule has 238 valence electrons. The second kappa shape index (κ2) is 15.8. The van der Waals surface area contributed by atoms with E-state index in [1.54, 1.807) is 36.4 Å². The molecule has 2 aromatic carbocycles. The zero-order chi connectivity index (χ0) is 31.8. The van der Waals surface area contributed by atoms with Crippen LogP contribution >= 0.6 is 30.4 Å². The predicted molar refractivity (Wildman–Crippen MR) is 157 cm³/mol. The first kappa shape index (κ1) is 37.1. The van der Waals surface area contributed by atoms with Gasteiger partial charge >= 0.3 is 30.4 Å². The van der Waals surface area contributed by atoms with Crippen molar-refractivity contribution in [2.24, 2.45) is 0 Å². The Balaban J connectivity index is 2.37. The summed E-state index contributed by atoms with van der Waals surface area (Å²) in [5.41, 5.74) is 3.62. The lowest BCUT2D eigenvalue weighted by Crippen LogP contribution is -2.26. The van der Waals surface area contributed by atoms with Gasteiger partial charge in [-0.15, -0.1) is 0 Å². The SMILES string of the molecule is O=P(O)(O)CCc1cc(CCP(=O)(O)O)cc(CN(CCO)Cc2cc(CCP(=O)(O)O)cc(CCP(=O)(O)O)c2)c1. The minimum Gasteiger partial charge on any atom is -0.395 e. The largest absolute Gasteiger partial charge is 0.395 e. The molecule has 42 heavy (non-hydrogen) atoms. The van der Waals surface area contributed by atoms with Crippen LogP contribution < -0.4 is 0 Å². The zero-order valence-electron chi connectivity index (χ0n) is 22.8. The second-order valence-corrected chi connectivity index (χ2v) is 17.4. The molecule has 18 heteroatoms. The molecule has 0 aromatic heterocycles. The van der Waals surface area contributed by atoms with Crippen molar-refractivity contribution in [2.75, 3.05) is 37.8 Å². The van der Waals surface area contributed by atoms with Gasteiger partial charge in [-0.1, -0.05) is 36.4 Å². The van der Waals surface area contributed by atoms with Crippen LogP contribution in [0.25, 0.3) is 0 Å². The molecule has 0 radical (unpaired) electrons. The van der Waals surface area contributed by atoms with E-state index in [2.05, 4.69) is 0 Å². The highest BCUT2D eigenvalue weighted by Crippen LogP contribution is 2.38. The third kappa shape index (κ3) is 16.7. The molecule has 0 amide bonds. The van der Waals surface area contributed by atoms with Crippen LogP contribution in [0.15, 0.2) is 36.4 Å². The van der Waals surface area contributed by atoms with E-state index < -0.39 is 55.0 Å². The quantitative estimate of drug-likeness (QED) is 0.102. The molecule has 2 aromatic rings. The van der Waals surface area contributed by atoms with Crippen LogP contribution in [0, 0.1) is 0 Å². The van der Waals surface area contributed by atoms with Gasteiger partial charge in [0.25, 0.3) is 0 Å². The smallest absolute Gasteiger partial charge is 0.325 e. The van der Waals surface area contributed by atoms with Gasteiger partial charge in [0.2, 0.25) is 0 Å². The van der Waals surface area contributed by atoms with Crippen molar-refractivity contribution in [1.29, 1.82) is 0 Å². The van der Waals surface area contributed by atoms with E-state index in [1.165, 1.54) is 0 Å². The molecule has 0 aliphatic carbocycles. The molecular formula is C24H39NO13P4. The van der Waals surface area contributed by atoms with Gasteiger partial charge in [0.05, 0.1) is 31.3 Å². The second-order valence-electron chi connectivity index (χ2n) is 10.3. The fourth-order valence-corrected chi connectivity index (χ4v) is 6.61. The Labute approximate surface area is 244 Å². The molecule has 0 heterocycles. The van der Waals surface area contributed by atoms with Gasteiger partial charge in [-0.25, -0.2) is 0 Å². The molecule has 0 bridgehead atoms. The number of aryl methyl sites for hydroxylation is 4. The van der Waals surface area contributed by atoms with E-state index in [0.717, 1.165) is 0 Å². The van der Waals surface area contributed by atoms with Gasteiger partial charge in [0, 0.05) is 19.6 Å². The highest BCUT2D eigenvalue weighted by atomic mass is 31.2. The maximum absolute atomic E-state index is 11.4. The van der Waals surface area contributed by atoms with Crippen LogP contribution in [0.1, 0.15) is 33.4 Å². The van der Waals surface area contributed by atoms with Crippen molar-refractivity contribution in [3.05, 3.63) is 69.8 Å². The monoisotopic (exact) mass is 673 g/mol. The number of aliphatic hydroxyl groups excluding tert-OH is 1. The van der Waals surface area contributed by atoms with Gasteiger partial charge < -0.3 is 44.3 Å². The van der Waals surface area contributed by atoms with Crippen molar-refractivity contribution in [3.8, 4) is 0 Å². The number of hydrogen-bond donors (Lipinski definition) is 9. The zero-order valence-corrected chi connectivity index (χ0v) is 26.4. The summed E-state index contributed by atoms with van der Waals surface area (Å²) in [6.07, 6.45) is -1.50. The summed E-state index contributed by atoms with van der Waals surface area (Å²) in [5.74, 6) is 0. The molecule has 0 fully saturated rings. The van der Waals surface area contributed by atoms with Crippen LogP contribution in [0.3, 0.4) is 0 Å². The fraction of sp³-hybridized carbons (Fsp3) is 0.500. The van der Waals surface area contributed by atoms with Gasteiger partial charge in [0.1, 0.15) is 0 Å². The molecule has 0 aliphatic heterocycles. The van der Waals surface area contributed by atoms with E-state index >= 15 is 0 Å². The van der Waals surface area contributed by atoms with Crippen molar-refractivity contribution < 1.29 is 62.5 Å². The highest BCUT2D eigenvalue weighted by molar-refractivity contribution is 7.52. The first-order valence-corrected chi connectivity index (χ1v) is 20.1. The summed E-state index contributed by atoms with van der Waals surface area (Å²) in [6.45, 7) is 0.427. The summed E-state index contributed by atoms with van der Waals surface area (Å²) in [7, 11) is -17.2. The average molecular weight is 673 g/mol. The molecule has 0 aliphatic rings. The van der Waals surface area contributed by atoms with E-state index in [0.29, 0.717) is 33.4 Å². The fourth-order valence-electron chi connectivity index (χ4n) is 4.41. The molecule has 0 saturated carbocycles. The Morgan fingerprint density at radius 1 is 0.452 bits per heavy atom. The average Bonchev–Trinajstić information content (AvgIpc) is 2.82. The maximum Gasteiger partial charge on any atom is 0.325 e. The minimum atomic E-state index is -4.30. The molecule has 0 saturated heterocycles. The number of rotatable bonds is 18.